The molecule has 0 bridgehead atoms. The number of aliphatic hydroxyl groups is 1. The van der Waals surface area contributed by atoms with E-state index in [-0.39, 0.29) is 6.61 Å². The molecule has 1 aromatic rings. The molecule has 0 aliphatic carbocycles. The quantitative estimate of drug-likeness (QED) is 0.845. The summed E-state index contributed by atoms with van der Waals surface area (Å²) in [7, 11) is 2.16. The summed E-state index contributed by atoms with van der Waals surface area (Å²) in [6.45, 7) is 4.20. The van der Waals surface area contributed by atoms with Crippen molar-refractivity contribution in [1.29, 1.82) is 0 Å². The topological polar surface area (TPSA) is 44.7 Å². The summed E-state index contributed by atoms with van der Waals surface area (Å²) in [5.74, 6) is 0.728. The van der Waals surface area contributed by atoms with Crippen LogP contribution in [0.3, 0.4) is 0 Å². The van der Waals surface area contributed by atoms with Gasteiger partial charge in [0, 0.05) is 23.7 Å². The average molecular weight is 313 g/mol. The Morgan fingerprint density at radius 3 is 2.81 bits per heavy atom. The van der Waals surface area contributed by atoms with Crippen LogP contribution in [0.25, 0.3) is 0 Å². The predicted molar refractivity (Wildman–Crippen MR) is 86.1 cm³/mol. The lowest BCUT2D eigenvalue weighted by molar-refractivity contribution is 0.0953. The molecule has 0 spiro atoms. The number of hydrogen-bond acceptors (Lipinski definition) is 4. The third kappa shape index (κ3) is 5.47. The minimum Gasteiger partial charge on any atom is -0.491 e. The van der Waals surface area contributed by atoms with Gasteiger partial charge in [0.05, 0.1) is 0 Å². The molecule has 3 atom stereocenters. The van der Waals surface area contributed by atoms with Crippen molar-refractivity contribution < 1.29 is 9.84 Å². The van der Waals surface area contributed by atoms with Gasteiger partial charge < -0.3 is 20.1 Å². The van der Waals surface area contributed by atoms with Crippen LogP contribution in [0, 0.1) is 0 Å². The third-order valence-electron chi connectivity index (χ3n) is 4.11. The van der Waals surface area contributed by atoms with Crippen molar-refractivity contribution in [2.24, 2.45) is 0 Å². The molecule has 1 aliphatic heterocycles. The molecule has 1 aromatic carbocycles. The normalized spacial score (nSPS) is 24.8. The fourth-order valence-corrected chi connectivity index (χ4v) is 2.69. The number of nitrogens with one attached hydrogen (secondary N) is 1. The lowest BCUT2D eigenvalue weighted by Gasteiger charge is -2.35. The largest absolute Gasteiger partial charge is 0.491 e. The van der Waals surface area contributed by atoms with E-state index in [4.69, 9.17) is 16.3 Å². The van der Waals surface area contributed by atoms with Crippen molar-refractivity contribution in [2.75, 3.05) is 26.7 Å². The summed E-state index contributed by atoms with van der Waals surface area (Å²) in [5, 5.41) is 14.1. The van der Waals surface area contributed by atoms with Crippen LogP contribution in [0.5, 0.6) is 5.75 Å². The molecular weight excluding hydrogens is 288 g/mol. The summed E-state index contributed by atoms with van der Waals surface area (Å²) in [5.41, 5.74) is 0. The number of piperidine rings is 1. The van der Waals surface area contributed by atoms with Crippen LogP contribution >= 0.6 is 11.6 Å². The lowest BCUT2D eigenvalue weighted by Crippen LogP contribution is -2.47. The number of benzene rings is 1. The van der Waals surface area contributed by atoms with Gasteiger partial charge >= 0.3 is 0 Å². The number of halogens is 1. The number of rotatable bonds is 6. The van der Waals surface area contributed by atoms with Gasteiger partial charge in [-0.1, -0.05) is 11.6 Å². The summed E-state index contributed by atoms with van der Waals surface area (Å²) in [4.78, 5) is 2.37. The maximum atomic E-state index is 9.99. The fourth-order valence-electron chi connectivity index (χ4n) is 2.56. The first-order chi connectivity index (χ1) is 10.0. The van der Waals surface area contributed by atoms with Crippen molar-refractivity contribution in [3.8, 4) is 5.75 Å². The Hall–Kier alpha value is -0.810. The molecule has 4 nitrogen and oxygen atoms in total. The number of aliphatic hydroxyl groups excluding tert-OH is 1. The van der Waals surface area contributed by atoms with Crippen LogP contribution in [-0.2, 0) is 0 Å². The van der Waals surface area contributed by atoms with Crippen LogP contribution in [-0.4, -0.2) is 54.9 Å². The average Bonchev–Trinajstić information content (AvgIpc) is 2.48. The first-order valence-electron chi connectivity index (χ1n) is 7.54. The predicted octanol–water partition coefficient (Wildman–Crippen LogP) is 2.15. The zero-order valence-corrected chi connectivity index (χ0v) is 13.5. The van der Waals surface area contributed by atoms with Gasteiger partial charge in [-0.2, -0.15) is 0 Å². The second-order valence-electron chi connectivity index (χ2n) is 5.88. The molecule has 1 heterocycles. The Kier molecular flexibility index (Phi) is 6.30. The van der Waals surface area contributed by atoms with E-state index in [1.165, 1.54) is 0 Å². The van der Waals surface area contributed by atoms with Gasteiger partial charge in [-0.05, 0) is 57.6 Å². The Labute approximate surface area is 132 Å². The Bertz CT molecular complexity index is 427. The molecular formula is C16H25ClN2O2. The van der Waals surface area contributed by atoms with Crippen LogP contribution in [0.2, 0.25) is 5.02 Å². The minimum absolute atomic E-state index is 0.289. The molecule has 5 heteroatoms. The number of ether oxygens (including phenoxy) is 1. The van der Waals surface area contributed by atoms with E-state index < -0.39 is 6.10 Å². The zero-order chi connectivity index (χ0) is 15.2. The van der Waals surface area contributed by atoms with Gasteiger partial charge in [0.15, 0.2) is 0 Å². The first-order valence-corrected chi connectivity index (χ1v) is 7.92. The van der Waals surface area contributed by atoms with Crippen molar-refractivity contribution in [3.63, 3.8) is 0 Å². The second kappa shape index (κ2) is 7.99. The highest BCUT2D eigenvalue weighted by molar-refractivity contribution is 6.30. The van der Waals surface area contributed by atoms with E-state index in [9.17, 15) is 5.11 Å². The number of likely N-dealkylation sites (tertiary alicyclic amines) is 1. The Morgan fingerprint density at radius 1 is 1.43 bits per heavy atom. The van der Waals surface area contributed by atoms with E-state index >= 15 is 0 Å². The van der Waals surface area contributed by atoms with E-state index in [2.05, 4.69) is 24.2 Å². The van der Waals surface area contributed by atoms with E-state index in [0.29, 0.717) is 23.7 Å². The molecule has 2 rings (SSSR count). The lowest BCUT2D eigenvalue weighted by atomic mass is 9.99. The van der Waals surface area contributed by atoms with Gasteiger partial charge in [0.2, 0.25) is 0 Å². The molecule has 1 saturated heterocycles. The van der Waals surface area contributed by atoms with Gasteiger partial charge in [-0.25, -0.2) is 0 Å². The molecule has 3 unspecified atom stereocenters. The smallest absolute Gasteiger partial charge is 0.119 e. The van der Waals surface area contributed by atoms with Crippen molar-refractivity contribution in [2.45, 2.75) is 38.0 Å². The summed E-state index contributed by atoms with van der Waals surface area (Å²) in [6.07, 6.45) is 1.75. The van der Waals surface area contributed by atoms with Gasteiger partial charge in [0.1, 0.15) is 18.5 Å². The second-order valence-corrected chi connectivity index (χ2v) is 6.31. The summed E-state index contributed by atoms with van der Waals surface area (Å²) < 4.78 is 5.54. The van der Waals surface area contributed by atoms with Gasteiger partial charge in [-0.3, -0.25) is 0 Å². The molecule has 21 heavy (non-hydrogen) atoms. The van der Waals surface area contributed by atoms with E-state index in [1.807, 2.05) is 0 Å². The van der Waals surface area contributed by atoms with E-state index in [1.54, 1.807) is 24.3 Å². The fraction of sp³-hybridized carbons (Fsp3) is 0.625. The highest BCUT2D eigenvalue weighted by Gasteiger charge is 2.22. The Balaban J connectivity index is 1.65. The molecule has 2 N–H and O–H groups in total. The molecule has 0 saturated carbocycles. The Morgan fingerprint density at radius 2 is 2.14 bits per heavy atom. The SMILES string of the molecule is CC1CC(NCC(O)COc2ccc(Cl)cc2)CCN1C. The minimum atomic E-state index is -0.504. The molecule has 0 aromatic heterocycles. The number of nitrogens with zero attached hydrogens (tertiary/aromatic N) is 1. The molecule has 118 valence electrons. The van der Waals surface area contributed by atoms with Crippen molar-refractivity contribution in [1.82, 2.24) is 10.2 Å². The molecule has 0 radical (unpaired) electrons. The van der Waals surface area contributed by atoms with Crippen molar-refractivity contribution in [3.05, 3.63) is 29.3 Å². The highest BCUT2D eigenvalue weighted by Crippen LogP contribution is 2.16. The zero-order valence-electron chi connectivity index (χ0n) is 12.8. The van der Waals surface area contributed by atoms with E-state index in [0.717, 1.165) is 25.1 Å². The molecule has 0 amide bonds. The molecule has 1 fully saturated rings. The van der Waals surface area contributed by atoms with Crippen LogP contribution < -0.4 is 10.1 Å². The number of hydrogen-bond donors (Lipinski definition) is 2. The monoisotopic (exact) mass is 312 g/mol. The van der Waals surface area contributed by atoms with Crippen LogP contribution in [0.15, 0.2) is 24.3 Å². The van der Waals surface area contributed by atoms with Crippen molar-refractivity contribution >= 4 is 11.6 Å². The summed E-state index contributed by atoms with van der Waals surface area (Å²) in [6, 6.07) is 8.26. The first kappa shape index (κ1) is 16.6. The maximum Gasteiger partial charge on any atom is 0.119 e. The van der Waals surface area contributed by atoms with Gasteiger partial charge in [0.25, 0.3) is 0 Å². The molecule has 1 aliphatic rings. The highest BCUT2D eigenvalue weighted by atomic mass is 35.5. The summed E-state index contributed by atoms with van der Waals surface area (Å²) >= 11 is 5.81. The van der Waals surface area contributed by atoms with Crippen LogP contribution in [0.4, 0.5) is 0 Å². The maximum absolute atomic E-state index is 9.99. The standard InChI is InChI=1S/C16H25ClN2O2/c1-12-9-14(7-8-19(12)2)18-10-15(20)11-21-16-5-3-13(17)4-6-16/h3-6,12,14-15,18,20H,7-11H2,1-2H3. The van der Waals surface area contributed by atoms with Gasteiger partial charge in [-0.15, -0.1) is 0 Å². The third-order valence-corrected chi connectivity index (χ3v) is 4.36. The van der Waals surface area contributed by atoms with Crippen LogP contribution in [0.1, 0.15) is 19.8 Å².